The van der Waals surface area contributed by atoms with Crippen LogP contribution in [0.2, 0.25) is 0 Å². The maximum Gasteiger partial charge on any atom is 0.417 e. The average molecular weight is 467 g/mol. The summed E-state index contributed by atoms with van der Waals surface area (Å²) in [6.07, 6.45) is -1.15. The molecule has 180 valence electrons. The molecule has 3 atom stereocenters. The number of ether oxygens (including phenoxy) is 3. The largest absolute Gasteiger partial charge is 0.497 e. The minimum Gasteiger partial charge on any atom is -0.497 e. The standard InChI is InChI=1S/C26H30N2O6/c1-26(2,3)34-24(30)27-14-20(17-10-12-19(32-4)13-11-17)21(15-27)23(29)28-22(16-33-25(28)31)18-8-6-5-7-9-18/h5-13,20-22H,14-16H2,1-4H3/t20-,21-,22+/m0/s1. The first-order chi connectivity index (χ1) is 16.2. The molecule has 2 fully saturated rings. The van der Waals surface area contributed by atoms with Crippen LogP contribution in [0.4, 0.5) is 9.59 Å². The third-order valence-corrected chi connectivity index (χ3v) is 6.13. The van der Waals surface area contributed by atoms with Crippen LogP contribution in [0.3, 0.4) is 0 Å². The number of amides is 3. The highest BCUT2D eigenvalue weighted by atomic mass is 16.6. The summed E-state index contributed by atoms with van der Waals surface area (Å²) in [5.41, 5.74) is 1.05. The molecule has 2 aromatic rings. The molecular weight excluding hydrogens is 436 g/mol. The van der Waals surface area contributed by atoms with Gasteiger partial charge in [-0.15, -0.1) is 0 Å². The van der Waals surface area contributed by atoms with Gasteiger partial charge in [0.25, 0.3) is 0 Å². The van der Waals surface area contributed by atoms with Crippen LogP contribution in [-0.4, -0.2) is 60.3 Å². The topological polar surface area (TPSA) is 85.4 Å². The number of carbonyl (C=O) groups excluding carboxylic acids is 3. The van der Waals surface area contributed by atoms with Crippen molar-refractivity contribution in [3.63, 3.8) is 0 Å². The molecule has 0 aliphatic carbocycles. The number of cyclic esters (lactones) is 1. The smallest absolute Gasteiger partial charge is 0.417 e. The molecule has 0 radical (unpaired) electrons. The van der Waals surface area contributed by atoms with Gasteiger partial charge in [0, 0.05) is 19.0 Å². The van der Waals surface area contributed by atoms with Crippen molar-refractivity contribution in [2.24, 2.45) is 5.92 Å². The molecule has 0 unspecified atom stereocenters. The fraction of sp³-hybridized carbons (Fsp3) is 0.423. The predicted molar refractivity (Wildman–Crippen MR) is 124 cm³/mol. The summed E-state index contributed by atoms with van der Waals surface area (Å²) in [4.78, 5) is 42.1. The molecule has 2 aromatic carbocycles. The van der Waals surface area contributed by atoms with Crippen molar-refractivity contribution >= 4 is 18.1 Å². The minimum atomic E-state index is -0.664. The molecule has 0 N–H and O–H groups in total. The van der Waals surface area contributed by atoms with Crippen LogP contribution in [0.5, 0.6) is 5.75 Å². The Morgan fingerprint density at radius 1 is 0.971 bits per heavy atom. The van der Waals surface area contributed by atoms with E-state index in [0.717, 1.165) is 11.1 Å². The lowest BCUT2D eigenvalue weighted by Gasteiger charge is -2.26. The number of hydrogen-bond donors (Lipinski definition) is 0. The number of benzene rings is 2. The van der Waals surface area contributed by atoms with Crippen molar-refractivity contribution in [1.82, 2.24) is 9.80 Å². The molecule has 0 aromatic heterocycles. The summed E-state index contributed by atoms with van der Waals surface area (Å²) in [6.45, 7) is 5.95. The van der Waals surface area contributed by atoms with Crippen molar-refractivity contribution in [1.29, 1.82) is 0 Å². The first-order valence-corrected chi connectivity index (χ1v) is 11.3. The van der Waals surface area contributed by atoms with E-state index in [1.807, 2.05) is 54.6 Å². The Hall–Kier alpha value is -3.55. The molecule has 3 amide bonds. The van der Waals surface area contributed by atoms with Crippen LogP contribution < -0.4 is 4.74 Å². The van der Waals surface area contributed by atoms with Gasteiger partial charge in [0.2, 0.25) is 5.91 Å². The van der Waals surface area contributed by atoms with Crippen LogP contribution in [0.1, 0.15) is 43.9 Å². The van der Waals surface area contributed by atoms with E-state index in [-0.39, 0.29) is 25.0 Å². The number of hydrogen-bond acceptors (Lipinski definition) is 6. The molecule has 4 rings (SSSR count). The van der Waals surface area contributed by atoms with Gasteiger partial charge in [-0.1, -0.05) is 42.5 Å². The van der Waals surface area contributed by atoms with Gasteiger partial charge in [-0.2, -0.15) is 0 Å². The summed E-state index contributed by atoms with van der Waals surface area (Å²) in [5, 5.41) is 0. The zero-order valence-corrected chi connectivity index (χ0v) is 19.9. The Balaban J connectivity index is 1.64. The van der Waals surface area contributed by atoms with Crippen molar-refractivity contribution < 1.29 is 28.6 Å². The summed E-state index contributed by atoms with van der Waals surface area (Å²) in [7, 11) is 1.59. The molecule has 34 heavy (non-hydrogen) atoms. The van der Waals surface area contributed by atoms with Gasteiger partial charge in [-0.05, 0) is 44.0 Å². The lowest BCUT2D eigenvalue weighted by atomic mass is 9.87. The normalized spacial score (nSPS) is 22.5. The molecule has 2 heterocycles. The number of methoxy groups -OCH3 is 1. The van der Waals surface area contributed by atoms with E-state index in [4.69, 9.17) is 14.2 Å². The molecule has 0 bridgehead atoms. The first-order valence-electron chi connectivity index (χ1n) is 11.3. The van der Waals surface area contributed by atoms with Crippen molar-refractivity contribution in [3.8, 4) is 5.75 Å². The molecular formula is C26H30N2O6. The van der Waals surface area contributed by atoms with Crippen LogP contribution in [-0.2, 0) is 14.3 Å². The number of rotatable bonds is 4. The van der Waals surface area contributed by atoms with E-state index in [1.165, 1.54) is 4.90 Å². The zero-order chi connectivity index (χ0) is 24.5. The highest BCUT2D eigenvalue weighted by molar-refractivity contribution is 5.96. The summed E-state index contributed by atoms with van der Waals surface area (Å²) in [5.74, 6) is -0.599. The Morgan fingerprint density at radius 3 is 2.26 bits per heavy atom. The van der Waals surface area contributed by atoms with Gasteiger partial charge >= 0.3 is 12.2 Å². The minimum absolute atomic E-state index is 0.101. The van der Waals surface area contributed by atoms with Gasteiger partial charge < -0.3 is 19.1 Å². The molecule has 0 spiro atoms. The van der Waals surface area contributed by atoms with E-state index in [0.29, 0.717) is 12.3 Å². The first kappa shape index (κ1) is 23.6. The maximum atomic E-state index is 13.8. The molecule has 8 heteroatoms. The Morgan fingerprint density at radius 2 is 1.65 bits per heavy atom. The SMILES string of the molecule is COc1ccc([C@@H]2CN(C(=O)OC(C)(C)C)C[C@@H]2C(=O)N2C(=O)OC[C@@H]2c2ccccc2)cc1. The zero-order valence-electron chi connectivity index (χ0n) is 19.9. The quantitative estimate of drug-likeness (QED) is 0.665. The van der Waals surface area contributed by atoms with Crippen LogP contribution in [0.15, 0.2) is 54.6 Å². The third-order valence-electron chi connectivity index (χ3n) is 6.13. The Labute approximate surface area is 199 Å². The van der Waals surface area contributed by atoms with Gasteiger partial charge in [0.1, 0.15) is 24.0 Å². The van der Waals surface area contributed by atoms with E-state index in [1.54, 1.807) is 32.8 Å². The highest BCUT2D eigenvalue weighted by Crippen LogP contribution is 2.38. The van der Waals surface area contributed by atoms with Gasteiger partial charge in [0.05, 0.1) is 13.0 Å². The number of imide groups is 1. The predicted octanol–water partition coefficient (Wildman–Crippen LogP) is 4.37. The number of carbonyl (C=O) groups is 3. The summed E-state index contributed by atoms with van der Waals surface area (Å²) in [6, 6.07) is 16.3. The van der Waals surface area contributed by atoms with E-state index in [2.05, 4.69) is 0 Å². The van der Waals surface area contributed by atoms with E-state index >= 15 is 0 Å². The second-order valence-electron chi connectivity index (χ2n) is 9.58. The van der Waals surface area contributed by atoms with E-state index in [9.17, 15) is 14.4 Å². The van der Waals surface area contributed by atoms with Crippen LogP contribution in [0, 0.1) is 5.92 Å². The maximum absolute atomic E-state index is 13.8. The average Bonchev–Trinajstić information content (AvgIpc) is 3.43. The molecule has 2 saturated heterocycles. The number of likely N-dealkylation sites (tertiary alicyclic amines) is 1. The summed E-state index contributed by atoms with van der Waals surface area (Å²) < 4.78 is 16.1. The highest BCUT2D eigenvalue weighted by Gasteiger charge is 2.48. The lowest BCUT2D eigenvalue weighted by Crippen LogP contribution is -2.41. The Bertz CT molecular complexity index is 1050. The monoisotopic (exact) mass is 466 g/mol. The van der Waals surface area contributed by atoms with Gasteiger partial charge in [0.15, 0.2) is 0 Å². The van der Waals surface area contributed by atoms with Crippen LogP contribution in [0.25, 0.3) is 0 Å². The number of nitrogens with zero attached hydrogens (tertiary/aromatic N) is 2. The summed E-state index contributed by atoms with van der Waals surface area (Å²) >= 11 is 0. The fourth-order valence-electron chi connectivity index (χ4n) is 4.48. The molecule has 2 aliphatic rings. The second-order valence-corrected chi connectivity index (χ2v) is 9.58. The van der Waals surface area contributed by atoms with Crippen molar-refractivity contribution in [2.75, 3.05) is 26.8 Å². The molecule has 2 aliphatic heterocycles. The van der Waals surface area contributed by atoms with Crippen molar-refractivity contribution in [3.05, 3.63) is 65.7 Å². The second kappa shape index (κ2) is 9.37. The van der Waals surface area contributed by atoms with E-state index < -0.39 is 29.7 Å². The molecule has 8 nitrogen and oxygen atoms in total. The third kappa shape index (κ3) is 4.85. The van der Waals surface area contributed by atoms with Crippen molar-refractivity contribution in [2.45, 2.75) is 38.3 Å². The Kier molecular flexibility index (Phi) is 6.50. The molecule has 0 saturated carbocycles. The van der Waals surface area contributed by atoms with Gasteiger partial charge in [-0.3, -0.25) is 4.79 Å². The van der Waals surface area contributed by atoms with Gasteiger partial charge in [-0.25, -0.2) is 14.5 Å². The lowest BCUT2D eigenvalue weighted by molar-refractivity contribution is -0.133. The fourth-order valence-corrected chi connectivity index (χ4v) is 4.48. The van der Waals surface area contributed by atoms with Crippen LogP contribution >= 0.6 is 0 Å².